The molecule has 0 N–H and O–H groups in total. The molecule has 2 saturated heterocycles. The highest BCUT2D eigenvalue weighted by atomic mass is 16.5. The molecule has 1 aromatic heterocycles. The molecule has 1 aliphatic carbocycles. The minimum atomic E-state index is 0.0916. The van der Waals surface area contributed by atoms with Crippen LogP contribution in [0.15, 0.2) is 34.9 Å². The number of carbonyl (C=O) groups excluding carboxylic acids is 1. The van der Waals surface area contributed by atoms with E-state index in [1.54, 1.807) is 0 Å². The van der Waals surface area contributed by atoms with E-state index in [9.17, 15) is 4.79 Å². The average molecular weight is 338 g/mol. The predicted octanol–water partition coefficient (Wildman–Crippen LogP) is 2.49. The Morgan fingerprint density at radius 1 is 1.20 bits per heavy atom. The topological polar surface area (TPSA) is 62.5 Å². The molecule has 1 amide bonds. The first-order valence-corrected chi connectivity index (χ1v) is 9.22. The fourth-order valence-corrected chi connectivity index (χ4v) is 4.53. The summed E-state index contributed by atoms with van der Waals surface area (Å²) in [5, 5.41) is 4.18. The van der Waals surface area contributed by atoms with E-state index >= 15 is 0 Å². The Morgan fingerprint density at radius 3 is 2.80 bits per heavy atom. The van der Waals surface area contributed by atoms with Gasteiger partial charge < -0.3 is 9.42 Å². The van der Waals surface area contributed by atoms with Crippen LogP contribution in [0.25, 0.3) is 11.4 Å². The number of likely N-dealkylation sites (tertiary alicyclic amines) is 2. The third-order valence-corrected chi connectivity index (χ3v) is 5.97. The molecule has 1 saturated carbocycles. The maximum absolute atomic E-state index is 12.5. The number of nitrogens with zero attached hydrogens (tertiary/aromatic N) is 4. The van der Waals surface area contributed by atoms with Crippen molar-refractivity contribution in [2.24, 2.45) is 5.92 Å². The molecule has 0 spiro atoms. The summed E-state index contributed by atoms with van der Waals surface area (Å²) in [6.07, 6.45) is 4.63. The molecule has 3 heterocycles. The number of carbonyl (C=O) groups is 1. The van der Waals surface area contributed by atoms with Crippen molar-refractivity contribution in [2.75, 3.05) is 19.6 Å². The van der Waals surface area contributed by atoms with Gasteiger partial charge in [-0.1, -0.05) is 35.5 Å². The van der Waals surface area contributed by atoms with Gasteiger partial charge in [0.1, 0.15) is 0 Å². The van der Waals surface area contributed by atoms with Crippen LogP contribution in [0.5, 0.6) is 0 Å². The Bertz CT molecular complexity index is 771. The van der Waals surface area contributed by atoms with Crippen LogP contribution in [0.4, 0.5) is 0 Å². The van der Waals surface area contributed by atoms with Gasteiger partial charge in [-0.05, 0) is 31.6 Å². The molecule has 3 fully saturated rings. The fraction of sp³-hybridized carbons (Fsp3) is 0.526. The summed E-state index contributed by atoms with van der Waals surface area (Å²) in [7, 11) is 0. The van der Waals surface area contributed by atoms with Crippen molar-refractivity contribution in [2.45, 2.75) is 37.8 Å². The zero-order valence-corrected chi connectivity index (χ0v) is 14.2. The van der Waals surface area contributed by atoms with Crippen LogP contribution in [0.1, 0.15) is 37.6 Å². The number of piperidine rings is 1. The highest BCUT2D eigenvalue weighted by Crippen LogP contribution is 2.49. The Labute approximate surface area is 146 Å². The van der Waals surface area contributed by atoms with Gasteiger partial charge in [0.05, 0.1) is 12.6 Å². The summed E-state index contributed by atoms with van der Waals surface area (Å²) in [5.74, 6) is 2.07. The molecule has 0 unspecified atom stereocenters. The van der Waals surface area contributed by atoms with Gasteiger partial charge in [-0.2, -0.15) is 4.98 Å². The van der Waals surface area contributed by atoms with E-state index in [4.69, 9.17) is 4.52 Å². The van der Waals surface area contributed by atoms with Crippen LogP contribution in [0, 0.1) is 5.92 Å². The average Bonchev–Trinajstić information content (AvgIpc) is 3.29. The van der Waals surface area contributed by atoms with Gasteiger partial charge in [0.15, 0.2) is 0 Å². The van der Waals surface area contributed by atoms with E-state index < -0.39 is 0 Å². The quantitative estimate of drug-likeness (QED) is 0.857. The zero-order chi connectivity index (χ0) is 16.8. The number of amides is 1. The lowest BCUT2D eigenvalue weighted by Gasteiger charge is -2.37. The molecular weight excluding hydrogens is 316 g/mol. The van der Waals surface area contributed by atoms with Gasteiger partial charge in [-0.3, -0.25) is 9.69 Å². The first-order valence-electron chi connectivity index (χ1n) is 9.22. The summed E-state index contributed by atoms with van der Waals surface area (Å²) in [6, 6.07) is 10.5. The highest BCUT2D eigenvalue weighted by molar-refractivity contribution is 5.79. The monoisotopic (exact) mass is 338 g/mol. The Hall–Kier alpha value is -2.21. The van der Waals surface area contributed by atoms with E-state index in [2.05, 4.69) is 15.0 Å². The van der Waals surface area contributed by atoms with Gasteiger partial charge in [0.25, 0.3) is 0 Å². The molecule has 25 heavy (non-hydrogen) atoms. The molecule has 5 rings (SSSR count). The van der Waals surface area contributed by atoms with Crippen LogP contribution in [-0.4, -0.2) is 51.5 Å². The van der Waals surface area contributed by atoms with E-state index in [1.165, 1.54) is 12.8 Å². The van der Waals surface area contributed by atoms with E-state index in [-0.39, 0.29) is 11.9 Å². The normalized spacial score (nSPS) is 28.3. The molecule has 3 aliphatic rings. The first kappa shape index (κ1) is 15.1. The number of aromatic nitrogens is 2. The molecule has 0 radical (unpaired) electrons. The Balaban J connectivity index is 1.39. The largest absolute Gasteiger partial charge is 0.341 e. The van der Waals surface area contributed by atoms with Crippen LogP contribution in [0.2, 0.25) is 0 Å². The van der Waals surface area contributed by atoms with Crippen molar-refractivity contribution in [3.05, 3.63) is 36.2 Å². The fourth-order valence-electron chi connectivity index (χ4n) is 4.53. The van der Waals surface area contributed by atoms with Gasteiger partial charge in [0, 0.05) is 24.7 Å². The molecule has 6 nitrogen and oxygen atoms in total. The van der Waals surface area contributed by atoms with E-state index in [0.29, 0.717) is 30.2 Å². The number of fused-ring (bicyclic) bond motifs is 2. The molecule has 3 atom stereocenters. The summed E-state index contributed by atoms with van der Waals surface area (Å²) in [5.41, 5.74) is 0.962. The third kappa shape index (κ3) is 2.56. The van der Waals surface area contributed by atoms with E-state index in [0.717, 1.165) is 31.5 Å². The van der Waals surface area contributed by atoms with Crippen LogP contribution < -0.4 is 0 Å². The Kier molecular flexibility index (Phi) is 3.59. The molecule has 130 valence electrons. The molecule has 2 bridgehead atoms. The number of rotatable bonds is 4. The van der Waals surface area contributed by atoms with Crippen molar-refractivity contribution in [3.8, 4) is 11.4 Å². The maximum atomic E-state index is 12.5. The van der Waals surface area contributed by atoms with E-state index in [1.807, 2.05) is 35.2 Å². The lowest BCUT2D eigenvalue weighted by Crippen LogP contribution is -2.49. The molecule has 2 aliphatic heterocycles. The maximum Gasteiger partial charge on any atom is 0.244 e. The summed E-state index contributed by atoms with van der Waals surface area (Å²) < 4.78 is 5.64. The summed E-state index contributed by atoms with van der Waals surface area (Å²) in [6.45, 7) is 2.29. The summed E-state index contributed by atoms with van der Waals surface area (Å²) in [4.78, 5) is 21.4. The van der Waals surface area contributed by atoms with Gasteiger partial charge in [0.2, 0.25) is 17.6 Å². The molecule has 2 aromatic rings. The minimum Gasteiger partial charge on any atom is -0.341 e. The number of benzene rings is 1. The second-order valence-corrected chi connectivity index (χ2v) is 7.40. The summed E-state index contributed by atoms with van der Waals surface area (Å²) >= 11 is 0. The standard InChI is InChI=1S/C19H22N4O2/c24-16(22-9-4-10-22)12-23-15-8-7-14(11-15)17(23)19-20-18(21-25-19)13-5-2-1-3-6-13/h1-3,5-6,14-15,17H,4,7-12H2/t14-,15+,17+/m1/s1. The number of hydrogen-bond donors (Lipinski definition) is 0. The van der Waals surface area contributed by atoms with Crippen molar-refractivity contribution in [1.29, 1.82) is 0 Å². The molecule has 6 heteroatoms. The van der Waals surface area contributed by atoms with Gasteiger partial charge >= 0.3 is 0 Å². The number of hydrogen-bond acceptors (Lipinski definition) is 5. The zero-order valence-electron chi connectivity index (χ0n) is 14.2. The lowest BCUT2D eigenvalue weighted by molar-refractivity contribution is -0.137. The van der Waals surface area contributed by atoms with Crippen molar-refractivity contribution in [1.82, 2.24) is 19.9 Å². The van der Waals surface area contributed by atoms with Gasteiger partial charge in [-0.15, -0.1) is 0 Å². The second-order valence-electron chi connectivity index (χ2n) is 7.40. The lowest BCUT2D eigenvalue weighted by atomic mass is 9.98. The highest BCUT2D eigenvalue weighted by Gasteiger charge is 2.49. The first-order chi connectivity index (χ1) is 12.3. The minimum absolute atomic E-state index is 0.0916. The second kappa shape index (κ2) is 5.95. The van der Waals surface area contributed by atoms with Crippen molar-refractivity contribution < 1.29 is 9.32 Å². The van der Waals surface area contributed by atoms with Crippen LogP contribution in [0.3, 0.4) is 0 Å². The van der Waals surface area contributed by atoms with Gasteiger partial charge in [-0.25, -0.2) is 0 Å². The Morgan fingerprint density at radius 2 is 2.04 bits per heavy atom. The van der Waals surface area contributed by atoms with Crippen molar-refractivity contribution in [3.63, 3.8) is 0 Å². The third-order valence-electron chi connectivity index (χ3n) is 5.97. The van der Waals surface area contributed by atoms with Crippen molar-refractivity contribution >= 4 is 5.91 Å². The SMILES string of the molecule is O=C(CN1[C@H]2CC[C@H](C2)[C@H]1c1nc(-c2ccccc2)no1)N1CCC1. The smallest absolute Gasteiger partial charge is 0.244 e. The van der Waals surface area contributed by atoms with Crippen LogP contribution in [-0.2, 0) is 4.79 Å². The molecular formula is C19H22N4O2. The molecule has 1 aromatic carbocycles. The predicted molar refractivity (Wildman–Crippen MR) is 91.5 cm³/mol. The van der Waals surface area contributed by atoms with Crippen LogP contribution >= 0.6 is 0 Å².